The number of anilines is 1. The molecule has 2 heterocycles. The van der Waals surface area contributed by atoms with Crippen LogP contribution in [0.5, 0.6) is 0 Å². The molecule has 1 aliphatic heterocycles. The summed E-state index contributed by atoms with van der Waals surface area (Å²) in [7, 11) is 2.12. The van der Waals surface area contributed by atoms with Crippen molar-refractivity contribution in [3.63, 3.8) is 0 Å². The first-order valence-corrected chi connectivity index (χ1v) is 6.96. The summed E-state index contributed by atoms with van der Waals surface area (Å²) < 4.78 is 0. The molecule has 3 rings (SSSR count). The minimum atomic E-state index is 0.245. The monoisotopic (exact) mass is 296 g/mol. The normalized spacial score (nSPS) is 17.1. The molecule has 0 radical (unpaired) electrons. The Kier molecular flexibility index (Phi) is 3.48. The number of rotatable bonds is 1. The van der Waals surface area contributed by atoms with Crippen LogP contribution in [0.1, 0.15) is 0 Å². The largest absolute Gasteiger partial charge is 0.353 e. The van der Waals surface area contributed by atoms with Crippen molar-refractivity contribution in [3.05, 3.63) is 28.5 Å². The first kappa shape index (κ1) is 12.9. The first-order chi connectivity index (χ1) is 9.15. The van der Waals surface area contributed by atoms with Gasteiger partial charge < -0.3 is 9.80 Å². The number of halogens is 2. The van der Waals surface area contributed by atoms with Crippen LogP contribution in [0.2, 0.25) is 10.3 Å². The third-order valence-electron chi connectivity index (χ3n) is 3.43. The summed E-state index contributed by atoms with van der Waals surface area (Å²) in [4.78, 5) is 13.2. The van der Waals surface area contributed by atoms with Crippen molar-refractivity contribution in [3.8, 4) is 0 Å². The molecule has 0 saturated carbocycles. The van der Waals surface area contributed by atoms with Gasteiger partial charge in [0.1, 0.15) is 5.82 Å². The highest BCUT2D eigenvalue weighted by atomic mass is 35.5. The standard InChI is InChI=1S/C13H14Cl2N4/c1-18-5-7-19(8-6-18)12-9-3-2-4-10(14)11(9)16-13(15)17-12/h2-4H,5-8H2,1H3. The Morgan fingerprint density at radius 3 is 2.53 bits per heavy atom. The van der Waals surface area contributed by atoms with Gasteiger partial charge in [0.2, 0.25) is 5.28 Å². The van der Waals surface area contributed by atoms with Crippen molar-refractivity contribution in [1.82, 2.24) is 14.9 Å². The maximum Gasteiger partial charge on any atom is 0.224 e. The van der Waals surface area contributed by atoms with Gasteiger partial charge in [0.25, 0.3) is 0 Å². The number of likely N-dealkylation sites (N-methyl/N-ethyl adjacent to an activating group) is 1. The Balaban J connectivity index is 2.10. The van der Waals surface area contributed by atoms with Crippen LogP contribution in [-0.4, -0.2) is 48.1 Å². The lowest BCUT2D eigenvalue weighted by Crippen LogP contribution is -2.44. The molecule has 4 nitrogen and oxygen atoms in total. The van der Waals surface area contributed by atoms with Gasteiger partial charge in [0.05, 0.1) is 10.5 Å². The summed E-state index contributed by atoms with van der Waals surface area (Å²) in [5.74, 6) is 0.880. The van der Waals surface area contributed by atoms with Gasteiger partial charge in [0, 0.05) is 31.6 Å². The van der Waals surface area contributed by atoms with Crippen LogP contribution >= 0.6 is 23.2 Å². The Morgan fingerprint density at radius 1 is 1.05 bits per heavy atom. The van der Waals surface area contributed by atoms with E-state index in [0.717, 1.165) is 42.9 Å². The summed E-state index contributed by atoms with van der Waals surface area (Å²) in [6.07, 6.45) is 0. The average Bonchev–Trinajstić information content (AvgIpc) is 2.40. The van der Waals surface area contributed by atoms with E-state index in [4.69, 9.17) is 23.2 Å². The zero-order valence-corrected chi connectivity index (χ0v) is 12.1. The summed E-state index contributed by atoms with van der Waals surface area (Å²) in [6, 6.07) is 5.73. The number of nitrogens with zero attached hydrogens (tertiary/aromatic N) is 4. The van der Waals surface area contributed by atoms with Crippen molar-refractivity contribution in [1.29, 1.82) is 0 Å². The Hall–Kier alpha value is -1.10. The van der Waals surface area contributed by atoms with Gasteiger partial charge in [-0.3, -0.25) is 0 Å². The molecule has 1 saturated heterocycles. The number of fused-ring (bicyclic) bond motifs is 1. The highest BCUT2D eigenvalue weighted by Crippen LogP contribution is 2.30. The molecule has 2 aromatic rings. The highest BCUT2D eigenvalue weighted by Gasteiger charge is 2.19. The summed E-state index contributed by atoms with van der Waals surface area (Å²) in [5.41, 5.74) is 0.720. The quantitative estimate of drug-likeness (QED) is 0.758. The van der Waals surface area contributed by atoms with Crippen LogP contribution in [0.25, 0.3) is 10.9 Å². The molecule has 1 aromatic heterocycles. The molecule has 0 aliphatic carbocycles. The van der Waals surface area contributed by atoms with E-state index in [1.807, 2.05) is 18.2 Å². The number of benzene rings is 1. The third kappa shape index (κ3) is 2.48. The van der Waals surface area contributed by atoms with Crippen LogP contribution in [0.3, 0.4) is 0 Å². The molecule has 0 unspecified atom stereocenters. The van der Waals surface area contributed by atoms with Gasteiger partial charge >= 0.3 is 0 Å². The molecule has 6 heteroatoms. The maximum atomic E-state index is 6.19. The smallest absolute Gasteiger partial charge is 0.224 e. The van der Waals surface area contributed by atoms with E-state index in [2.05, 4.69) is 26.8 Å². The molecular formula is C13H14Cl2N4. The van der Waals surface area contributed by atoms with E-state index >= 15 is 0 Å². The fourth-order valence-electron chi connectivity index (χ4n) is 2.33. The van der Waals surface area contributed by atoms with Crippen LogP contribution < -0.4 is 4.90 Å². The summed E-state index contributed by atoms with van der Waals surface area (Å²) >= 11 is 12.2. The number of hydrogen-bond donors (Lipinski definition) is 0. The van der Waals surface area contributed by atoms with E-state index in [0.29, 0.717) is 5.02 Å². The minimum Gasteiger partial charge on any atom is -0.353 e. The van der Waals surface area contributed by atoms with E-state index in [1.54, 1.807) is 0 Å². The van der Waals surface area contributed by atoms with Crippen LogP contribution in [0, 0.1) is 0 Å². The predicted octanol–water partition coefficient (Wildman–Crippen LogP) is 2.69. The number of hydrogen-bond acceptors (Lipinski definition) is 4. The van der Waals surface area contributed by atoms with Crippen LogP contribution in [0.4, 0.5) is 5.82 Å². The fraction of sp³-hybridized carbons (Fsp3) is 0.385. The van der Waals surface area contributed by atoms with E-state index < -0.39 is 0 Å². The van der Waals surface area contributed by atoms with Gasteiger partial charge in [0.15, 0.2) is 0 Å². The van der Waals surface area contributed by atoms with E-state index in [-0.39, 0.29) is 5.28 Å². The zero-order chi connectivity index (χ0) is 13.4. The van der Waals surface area contributed by atoms with E-state index in [1.165, 1.54) is 0 Å². The lowest BCUT2D eigenvalue weighted by atomic mass is 10.2. The maximum absolute atomic E-state index is 6.19. The van der Waals surface area contributed by atoms with Crippen LogP contribution in [-0.2, 0) is 0 Å². The van der Waals surface area contributed by atoms with Crippen molar-refractivity contribution >= 4 is 39.9 Å². The van der Waals surface area contributed by atoms with Gasteiger partial charge in [-0.1, -0.05) is 17.7 Å². The highest BCUT2D eigenvalue weighted by molar-refractivity contribution is 6.36. The molecule has 0 atom stereocenters. The average molecular weight is 297 g/mol. The van der Waals surface area contributed by atoms with E-state index in [9.17, 15) is 0 Å². The SMILES string of the molecule is CN1CCN(c2nc(Cl)nc3c(Cl)cccc23)CC1. The second-order valence-corrected chi connectivity index (χ2v) is 5.49. The molecule has 100 valence electrons. The van der Waals surface area contributed by atoms with Gasteiger partial charge in [-0.15, -0.1) is 0 Å². The fourth-order valence-corrected chi connectivity index (χ4v) is 2.71. The lowest BCUT2D eigenvalue weighted by Gasteiger charge is -2.33. The number of para-hydroxylation sites is 1. The first-order valence-electron chi connectivity index (χ1n) is 6.20. The Labute approximate surface area is 121 Å². The van der Waals surface area contributed by atoms with Crippen molar-refractivity contribution < 1.29 is 0 Å². The molecule has 0 N–H and O–H groups in total. The third-order valence-corrected chi connectivity index (χ3v) is 3.91. The molecule has 1 fully saturated rings. The molecular weight excluding hydrogens is 283 g/mol. The summed E-state index contributed by atoms with van der Waals surface area (Å²) in [6.45, 7) is 3.91. The Morgan fingerprint density at radius 2 is 1.79 bits per heavy atom. The van der Waals surface area contributed by atoms with Crippen LogP contribution in [0.15, 0.2) is 18.2 Å². The van der Waals surface area contributed by atoms with Crippen molar-refractivity contribution in [2.75, 3.05) is 38.1 Å². The number of aromatic nitrogens is 2. The van der Waals surface area contributed by atoms with Crippen molar-refractivity contribution in [2.24, 2.45) is 0 Å². The minimum absolute atomic E-state index is 0.245. The molecule has 0 amide bonds. The van der Waals surface area contributed by atoms with Gasteiger partial charge in [-0.05, 0) is 30.8 Å². The molecule has 0 spiro atoms. The summed E-state index contributed by atoms with van der Waals surface area (Å²) in [5, 5.41) is 1.81. The topological polar surface area (TPSA) is 32.3 Å². The molecule has 1 aliphatic rings. The van der Waals surface area contributed by atoms with Gasteiger partial charge in [-0.25, -0.2) is 4.98 Å². The number of piperazine rings is 1. The van der Waals surface area contributed by atoms with Gasteiger partial charge in [-0.2, -0.15) is 4.98 Å². The zero-order valence-electron chi connectivity index (χ0n) is 10.6. The van der Waals surface area contributed by atoms with Crippen molar-refractivity contribution in [2.45, 2.75) is 0 Å². The second kappa shape index (κ2) is 5.12. The molecule has 0 bridgehead atoms. The Bertz CT molecular complexity index is 609. The molecule has 19 heavy (non-hydrogen) atoms. The lowest BCUT2D eigenvalue weighted by molar-refractivity contribution is 0.312. The second-order valence-electron chi connectivity index (χ2n) is 4.74. The predicted molar refractivity (Wildman–Crippen MR) is 79.3 cm³/mol. The molecule has 1 aromatic carbocycles.